The standard InChI is InChI=1S/C29H32N2O5S/c1-7-34-28(33)25-19(6)30-29-31(26(25)21-10-14-23(15-11-21)36-18(4)5)27(32)24(37-29)16-20-8-12-22(13-9-20)35-17(2)3/h8-18,26H,7H2,1-6H3/b24-16+/t26-/m0/s1. The minimum atomic E-state index is -0.660. The largest absolute Gasteiger partial charge is 0.491 e. The average Bonchev–Trinajstić information content (AvgIpc) is 3.13. The lowest BCUT2D eigenvalue weighted by atomic mass is 9.96. The topological polar surface area (TPSA) is 79.1 Å². The molecule has 0 saturated heterocycles. The number of thiazole rings is 1. The van der Waals surface area contributed by atoms with E-state index in [9.17, 15) is 9.59 Å². The first-order valence-electron chi connectivity index (χ1n) is 12.4. The number of fused-ring (bicyclic) bond motifs is 1. The van der Waals surface area contributed by atoms with Crippen molar-refractivity contribution in [3.63, 3.8) is 0 Å². The summed E-state index contributed by atoms with van der Waals surface area (Å²) in [4.78, 5) is 31.9. The molecule has 4 rings (SSSR count). The molecule has 0 N–H and O–H groups in total. The second-order valence-electron chi connectivity index (χ2n) is 9.27. The fourth-order valence-electron chi connectivity index (χ4n) is 4.17. The Morgan fingerprint density at radius 2 is 1.57 bits per heavy atom. The van der Waals surface area contributed by atoms with Crippen LogP contribution >= 0.6 is 11.3 Å². The zero-order chi connectivity index (χ0) is 26.7. The fraction of sp³-hybridized carbons (Fsp3) is 0.345. The van der Waals surface area contributed by atoms with Crippen molar-refractivity contribution in [2.75, 3.05) is 6.61 Å². The molecule has 0 saturated carbocycles. The third-order valence-corrected chi connectivity index (χ3v) is 6.62. The molecule has 0 bridgehead atoms. The number of hydrogen-bond acceptors (Lipinski definition) is 7. The van der Waals surface area contributed by atoms with E-state index in [4.69, 9.17) is 14.2 Å². The summed E-state index contributed by atoms with van der Waals surface area (Å²) in [6, 6.07) is 14.4. The molecule has 0 unspecified atom stereocenters. The summed E-state index contributed by atoms with van der Waals surface area (Å²) in [6.45, 7) is 11.6. The van der Waals surface area contributed by atoms with Crippen molar-refractivity contribution in [2.24, 2.45) is 4.99 Å². The Labute approximate surface area is 220 Å². The van der Waals surface area contributed by atoms with E-state index >= 15 is 0 Å². The van der Waals surface area contributed by atoms with Gasteiger partial charge in [-0.25, -0.2) is 9.79 Å². The van der Waals surface area contributed by atoms with E-state index in [0.717, 1.165) is 22.6 Å². The molecule has 1 atom stereocenters. The number of rotatable bonds is 8. The van der Waals surface area contributed by atoms with Gasteiger partial charge in [0.2, 0.25) is 0 Å². The molecular formula is C29H32N2O5S. The third-order valence-electron chi connectivity index (χ3n) is 5.63. The predicted octanol–water partition coefficient (Wildman–Crippen LogP) is 4.37. The zero-order valence-electron chi connectivity index (χ0n) is 22.0. The maximum atomic E-state index is 13.7. The molecular weight excluding hydrogens is 488 g/mol. The molecule has 1 aliphatic rings. The van der Waals surface area contributed by atoms with Crippen molar-refractivity contribution in [1.82, 2.24) is 4.57 Å². The molecule has 37 heavy (non-hydrogen) atoms. The highest BCUT2D eigenvalue weighted by atomic mass is 32.1. The molecule has 0 spiro atoms. The monoisotopic (exact) mass is 520 g/mol. The number of allylic oxidation sites excluding steroid dienone is 1. The molecule has 0 amide bonds. The van der Waals surface area contributed by atoms with Gasteiger partial charge in [0.05, 0.1) is 40.7 Å². The Morgan fingerprint density at radius 1 is 1.00 bits per heavy atom. The highest BCUT2D eigenvalue weighted by Crippen LogP contribution is 2.31. The van der Waals surface area contributed by atoms with E-state index in [1.165, 1.54) is 11.3 Å². The molecule has 1 aromatic heterocycles. The molecule has 0 radical (unpaired) electrons. The van der Waals surface area contributed by atoms with Crippen LogP contribution in [-0.4, -0.2) is 29.4 Å². The molecule has 2 aromatic carbocycles. The number of carbonyl (C=O) groups is 1. The van der Waals surface area contributed by atoms with Gasteiger partial charge in [-0.05, 0) is 83.0 Å². The van der Waals surface area contributed by atoms with E-state index in [0.29, 0.717) is 20.6 Å². The minimum absolute atomic E-state index is 0.0340. The maximum absolute atomic E-state index is 13.7. The summed E-state index contributed by atoms with van der Waals surface area (Å²) in [5, 5.41) is 0. The van der Waals surface area contributed by atoms with Crippen LogP contribution in [-0.2, 0) is 9.53 Å². The van der Waals surface area contributed by atoms with Crippen molar-refractivity contribution in [3.05, 3.63) is 90.6 Å². The molecule has 2 heterocycles. The van der Waals surface area contributed by atoms with Crippen LogP contribution in [0, 0.1) is 0 Å². The third kappa shape index (κ3) is 5.85. The van der Waals surface area contributed by atoms with Gasteiger partial charge in [-0.1, -0.05) is 35.6 Å². The van der Waals surface area contributed by atoms with Gasteiger partial charge in [0, 0.05) is 0 Å². The van der Waals surface area contributed by atoms with Crippen molar-refractivity contribution in [3.8, 4) is 11.5 Å². The van der Waals surface area contributed by atoms with Crippen LogP contribution < -0.4 is 24.4 Å². The van der Waals surface area contributed by atoms with Crippen LogP contribution in [0.25, 0.3) is 6.08 Å². The Bertz CT molecular complexity index is 1480. The Kier molecular flexibility index (Phi) is 7.97. The van der Waals surface area contributed by atoms with Crippen molar-refractivity contribution in [1.29, 1.82) is 0 Å². The summed E-state index contributed by atoms with van der Waals surface area (Å²) in [6.07, 6.45) is 1.95. The number of carbonyl (C=O) groups excluding carboxylic acids is 1. The van der Waals surface area contributed by atoms with Crippen molar-refractivity contribution < 1.29 is 19.0 Å². The first kappa shape index (κ1) is 26.4. The molecule has 3 aromatic rings. The van der Waals surface area contributed by atoms with E-state index < -0.39 is 12.0 Å². The molecule has 1 aliphatic heterocycles. The van der Waals surface area contributed by atoms with E-state index in [2.05, 4.69) is 4.99 Å². The van der Waals surface area contributed by atoms with Crippen molar-refractivity contribution >= 4 is 23.4 Å². The van der Waals surface area contributed by atoms with Gasteiger partial charge < -0.3 is 14.2 Å². The first-order chi connectivity index (χ1) is 17.7. The first-order valence-corrected chi connectivity index (χ1v) is 13.2. The van der Waals surface area contributed by atoms with Gasteiger partial charge in [-0.2, -0.15) is 0 Å². The van der Waals surface area contributed by atoms with Gasteiger partial charge in [-0.3, -0.25) is 9.36 Å². The number of nitrogens with zero attached hydrogens (tertiary/aromatic N) is 2. The second kappa shape index (κ2) is 11.2. The van der Waals surface area contributed by atoms with E-state index in [-0.39, 0.29) is 24.4 Å². The highest BCUT2D eigenvalue weighted by molar-refractivity contribution is 7.07. The molecule has 194 valence electrons. The van der Waals surface area contributed by atoms with Crippen LogP contribution in [0.4, 0.5) is 0 Å². The zero-order valence-corrected chi connectivity index (χ0v) is 22.8. The van der Waals surface area contributed by atoms with Crippen LogP contribution in [0.2, 0.25) is 0 Å². The van der Waals surface area contributed by atoms with E-state index in [1.54, 1.807) is 18.4 Å². The Hall–Kier alpha value is -3.65. The Balaban J connectivity index is 1.82. The summed E-state index contributed by atoms with van der Waals surface area (Å²) >= 11 is 1.30. The van der Waals surface area contributed by atoms with E-state index in [1.807, 2.05) is 82.3 Å². The normalized spacial score (nSPS) is 15.6. The fourth-order valence-corrected chi connectivity index (χ4v) is 5.22. The lowest BCUT2D eigenvalue weighted by Crippen LogP contribution is -2.39. The Morgan fingerprint density at radius 3 is 2.11 bits per heavy atom. The van der Waals surface area contributed by atoms with Crippen molar-refractivity contribution in [2.45, 2.75) is 59.8 Å². The average molecular weight is 521 g/mol. The number of hydrogen-bond donors (Lipinski definition) is 0. The quantitative estimate of drug-likeness (QED) is 0.412. The number of aromatic nitrogens is 1. The minimum Gasteiger partial charge on any atom is -0.491 e. The summed E-state index contributed by atoms with van der Waals surface area (Å²) in [5.74, 6) is 1.01. The second-order valence-corrected chi connectivity index (χ2v) is 10.3. The number of esters is 1. The van der Waals surface area contributed by atoms with Gasteiger partial charge in [0.15, 0.2) is 4.80 Å². The van der Waals surface area contributed by atoms with Crippen LogP contribution in [0.15, 0.2) is 69.6 Å². The highest BCUT2D eigenvalue weighted by Gasteiger charge is 2.33. The number of benzene rings is 2. The molecule has 0 fully saturated rings. The van der Waals surface area contributed by atoms with Gasteiger partial charge in [0.25, 0.3) is 5.56 Å². The molecule has 0 aliphatic carbocycles. The number of ether oxygens (including phenoxy) is 3. The smallest absolute Gasteiger partial charge is 0.338 e. The molecule has 7 nitrogen and oxygen atoms in total. The summed E-state index contributed by atoms with van der Waals surface area (Å²) in [5.41, 5.74) is 2.32. The molecule has 8 heteroatoms. The lowest BCUT2D eigenvalue weighted by Gasteiger charge is -2.25. The summed E-state index contributed by atoms with van der Waals surface area (Å²) < 4.78 is 19.0. The van der Waals surface area contributed by atoms with Gasteiger partial charge in [-0.15, -0.1) is 0 Å². The van der Waals surface area contributed by atoms with Gasteiger partial charge >= 0.3 is 5.97 Å². The van der Waals surface area contributed by atoms with Crippen LogP contribution in [0.5, 0.6) is 11.5 Å². The van der Waals surface area contributed by atoms with Gasteiger partial charge in [0.1, 0.15) is 11.5 Å². The van der Waals surface area contributed by atoms with Crippen LogP contribution in [0.3, 0.4) is 0 Å². The lowest BCUT2D eigenvalue weighted by molar-refractivity contribution is -0.139. The SMILES string of the molecule is CCOC(=O)C1=C(C)N=c2s/c(=C/c3ccc(OC(C)C)cc3)c(=O)n2[C@H]1c1ccc(OC(C)C)cc1. The van der Waals surface area contributed by atoms with Crippen LogP contribution in [0.1, 0.15) is 58.7 Å². The predicted molar refractivity (Wildman–Crippen MR) is 145 cm³/mol. The maximum Gasteiger partial charge on any atom is 0.338 e. The summed E-state index contributed by atoms with van der Waals surface area (Å²) in [7, 11) is 0.